The first-order chi connectivity index (χ1) is 17.6. The molecule has 6 rings (SSSR count). The largest absolute Gasteiger partial charge is 0.338 e. The van der Waals surface area contributed by atoms with Crippen molar-refractivity contribution >= 4 is 23.2 Å². The van der Waals surface area contributed by atoms with Crippen LogP contribution < -0.4 is 0 Å². The number of hydrogen-bond donors (Lipinski definition) is 0. The minimum absolute atomic E-state index is 0.0435. The molecule has 1 saturated heterocycles. The summed E-state index contributed by atoms with van der Waals surface area (Å²) in [6.07, 6.45) is 1.93. The normalized spacial score (nSPS) is 25.9. The molecule has 3 aliphatic rings. The zero-order valence-electron chi connectivity index (χ0n) is 20.8. The molecule has 0 unspecified atom stereocenters. The van der Waals surface area contributed by atoms with Crippen molar-refractivity contribution in [2.45, 2.75) is 37.8 Å². The second kappa shape index (κ2) is 9.83. The van der Waals surface area contributed by atoms with Crippen LogP contribution in [0.25, 0.3) is 0 Å². The minimum atomic E-state index is 0.0435. The fourth-order valence-corrected chi connectivity index (χ4v) is 7.00. The van der Waals surface area contributed by atoms with Crippen molar-refractivity contribution in [1.29, 1.82) is 0 Å². The lowest BCUT2D eigenvalue weighted by Crippen LogP contribution is -2.57. The highest BCUT2D eigenvalue weighted by molar-refractivity contribution is 7.10. The molecule has 2 aliphatic heterocycles. The Morgan fingerprint density at radius 1 is 0.917 bits per heavy atom. The summed E-state index contributed by atoms with van der Waals surface area (Å²) in [5, 5.41) is 2.17. The fraction of sp³-hybridized carbons (Fsp3) is 0.400. The summed E-state index contributed by atoms with van der Waals surface area (Å²) in [5.41, 5.74) is 3.85. The van der Waals surface area contributed by atoms with Gasteiger partial charge in [0.1, 0.15) is 0 Å². The number of fused-ring (bicyclic) bond motifs is 1. The second-order valence-electron chi connectivity index (χ2n) is 10.4. The Bertz CT molecular complexity index is 1230. The number of rotatable bonds is 5. The van der Waals surface area contributed by atoms with E-state index in [-0.39, 0.29) is 29.8 Å². The fourth-order valence-electron chi connectivity index (χ4n) is 6.10. The van der Waals surface area contributed by atoms with Crippen LogP contribution >= 0.6 is 11.3 Å². The lowest BCUT2D eigenvalue weighted by atomic mass is 9.93. The molecule has 1 saturated carbocycles. The van der Waals surface area contributed by atoms with Gasteiger partial charge < -0.3 is 9.80 Å². The molecule has 1 aliphatic carbocycles. The lowest BCUT2D eigenvalue weighted by molar-refractivity contribution is -0.144. The predicted octanol–water partition coefficient (Wildman–Crippen LogP) is 4.56. The highest BCUT2D eigenvalue weighted by Gasteiger charge is 2.47. The van der Waals surface area contributed by atoms with Gasteiger partial charge in [-0.25, -0.2) is 0 Å². The summed E-state index contributed by atoms with van der Waals surface area (Å²) in [4.78, 5) is 34.5. The zero-order chi connectivity index (χ0) is 24.6. The highest BCUT2D eigenvalue weighted by atomic mass is 32.1. The quantitative estimate of drug-likeness (QED) is 0.517. The lowest BCUT2D eigenvalue weighted by Gasteiger charge is -2.42. The molecule has 3 aromatic rings. The third kappa shape index (κ3) is 4.48. The van der Waals surface area contributed by atoms with E-state index in [1.54, 1.807) is 0 Å². The third-order valence-corrected chi connectivity index (χ3v) is 9.11. The van der Waals surface area contributed by atoms with Crippen LogP contribution in [-0.2, 0) is 16.0 Å². The van der Waals surface area contributed by atoms with Crippen molar-refractivity contribution in [2.24, 2.45) is 5.92 Å². The molecule has 4 atom stereocenters. The predicted molar refractivity (Wildman–Crippen MR) is 143 cm³/mol. The summed E-state index contributed by atoms with van der Waals surface area (Å²) in [6, 6.07) is 23.3. The number of benzene rings is 2. The Kier molecular flexibility index (Phi) is 6.40. The first-order valence-electron chi connectivity index (χ1n) is 13.1. The maximum absolute atomic E-state index is 13.5. The van der Waals surface area contributed by atoms with Gasteiger partial charge in [-0.3, -0.25) is 14.5 Å². The van der Waals surface area contributed by atoms with Crippen LogP contribution in [0.3, 0.4) is 0 Å². The molecule has 2 aromatic carbocycles. The van der Waals surface area contributed by atoms with Gasteiger partial charge in [0.05, 0.1) is 12.6 Å². The molecular weight excluding hydrogens is 466 g/mol. The topological polar surface area (TPSA) is 43.9 Å². The number of carbonyl (C=O) groups is 2. The van der Waals surface area contributed by atoms with E-state index in [0.717, 1.165) is 19.4 Å². The summed E-state index contributed by atoms with van der Waals surface area (Å²) >= 11 is 1.82. The van der Waals surface area contributed by atoms with Crippen LogP contribution in [0.15, 0.2) is 72.1 Å². The van der Waals surface area contributed by atoms with Crippen LogP contribution in [0.5, 0.6) is 0 Å². The Hall–Kier alpha value is -2.96. The van der Waals surface area contributed by atoms with Gasteiger partial charge in [0.15, 0.2) is 0 Å². The van der Waals surface area contributed by atoms with Gasteiger partial charge in [0, 0.05) is 43.0 Å². The molecular formula is C30H33N3O2S. The number of thiophene rings is 1. The van der Waals surface area contributed by atoms with Crippen LogP contribution in [0, 0.1) is 5.92 Å². The van der Waals surface area contributed by atoms with E-state index in [4.69, 9.17) is 0 Å². The van der Waals surface area contributed by atoms with E-state index >= 15 is 0 Å². The highest BCUT2D eigenvalue weighted by Crippen LogP contribution is 2.48. The maximum Gasteiger partial charge on any atom is 0.236 e. The van der Waals surface area contributed by atoms with Gasteiger partial charge in [-0.05, 0) is 53.8 Å². The number of amides is 2. The Morgan fingerprint density at radius 3 is 2.36 bits per heavy atom. The number of carbonyl (C=O) groups excluding carboxylic acids is 2. The van der Waals surface area contributed by atoms with Crippen molar-refractivity contribution in [1.82, 2.24) is 14.7 Å². The van der Waals surface area contributed by atoms with Crippen molar-refractivity contribution in [3.8, 4) is 0 Å². The van der Waals surface area contributed by atoms with Gasteiger partial charge in [-0.1, -0.05) is 60.7 Å². The molecule has 0 radical (unpaired) electrons. The molecule has 5 nitrogen and oxygen atoms in total. The van der Waals surface area contributed by atoms with Gasteiger partial charge in [0.2, 0.25) is 11.8 Å². The first-order valence-corrected chi connectivity index (χ1v) is 14.0. The Labute approximate surface area is 217 Å². The van der Waals surface area contributed by atoms with E-state index in [2.05, 4.69) is 59.7 Å². The average molecular weight is 500 g/mol. The van der Waals surface area contributed by atoms with Gasteiger partial charge in [0.25, 0.3) is 0 Å². The minimum Gasteiger partial charge on any atom is -0.338 e. The van der Waals surface area contributed by atoms with Gasteiger partial charge in [-0.2, -0.15) is 0 Å². The molecule has 3 heterocycles. The molecule has 0 bridgehead atoms. The zero-order valence-corrected chi connectivity index (χ0v) is 21.6. The van der Waals surface area contributed by atoms with E-state index in [1.165, 1.54) is 21.6 Å². The first kappa shape index (κ1) is 23.4. The van der Waals surface area contributed by atoms with E-state index in [9.17, 15) is 9.59 Å². The summed E-state index contributed by atoms with van der Waals surface area (Å²) in [6.45, 7) is 5.23. The molecule has 36 heavy (non-hydrogen) atoms. The van der Waals surface area contributed by atoms with Crippen LogP contribution in [0.2, 0.25) is 0 Å². The molecule has 186 valence electrons. The molecule has 0 spiro atoms. The standard InChI is InChI=1S/C30H33N3O2S/c1-21-19-31(15-16-33(21)30(35)26-18-25(26)22-8-4-2-5-9-22)28(34)20-32-14-12-27-24(13-17-36-27)29(32)23-10-6-3-7-11-23/h2-11,13,17,21,25-26,29H,12,14-16,18-20H2,1H3/t21-,25+,26-,29-/m1/s1. The maximum atomic E-state index is 13.5. The van der Waals surface area contributed by atoms with Crippen molar-refractivity contribution < 1.29 is 9.59 Å². The van der Waals surface area contributed by atoms with Gasteiger partial charge in [-0.15, -0.1) is 11.3 Å². The summed E-state index contributed by atoms with van der Waals surface area (Å²) in [5.74, 6) is 0.870. The molecule has 0 N–H and O–H groups in total. The van der Waals surface area contributed by atoms with Crippen LogP contribution in [0.4, 0.5) is 0 Å². The number of nitrogens with zero attached hydrogens (tertiary/aromatic N) is 3. The van der Waals surface area contributed by atoms with Gasteiger partial charge >= 0.3 is 0 Å². The molecule has 6 heteroatoms. The molecule has 1 aromatic heterocycles. The van der Waals surface area contributed by atoms with Crippen LogP contribution in [-0.4, -0.2) is 65.3 Å². The summed E-state index contributed by atoms with van der Waals surface area (Å²) < 4.78 is 0. The van der Waals surface area contributed by atoms with Crippen molar-refractivity contribution in [3.05, 3.63) is 93.7 Å². The molecule has 2 fully saturated rings. The summed E-state index contributed by atoms with van der Waals surface area (Å²) in [7, 11) is 0. The SMILES string of the molecule is C[C@@H]1CN(C(=O)CN2CCc3sccc3[C@H]2c2ccccc2)CCN1C(=O)[C@@H]1C[C@H]1c1ccccc1. The van der Waals surface area contributed by atoms with E-state index < -0.39 is 0 Å². The Balaban J connectivity index is 1.09. The third-order valence-electron chi connectivity index (χ3n) is 8.12. The molecule has 2 amide bonds. The van der Waals surface area contributed by atoms with Crippen molar-refractivity contribution in [2.75, 3.05) is 32.7 Å². The number of piperazine rings is 1. The van der Waals surface area contributed by atoms with Crippen molar-refractivity contribution in [3.63, 3.8) is 0 Å². The smallest absolute Gasteiger partial charge is 0.236 e. The van der Waals surface area contributed by atoms with E-state index in [1.807, 2.05) is 45.4 Å². The number of hydrogen-bond acceptors (Lipinski definition) is 4. The monoisotopic (exact) mass is 499 g/mol. The second-order valence-corrected chi connectivity index (χ2v) is 11.4. The average Bonchev–Trinajstić information content (AvgIpc) is 3.58. The van der Waals surface area contributed by atoms with Crippen LogP contribution in [0.1, 0.15) is 46.9 Å². The van der Waals surface area contributed by atoms with E-state index in [0.29, 0.717) is 32.1 Å². The Morgan fingerprint density at radius 2 is 1.64 bits per heavy atom.